The van der Waals surface area contributed by atoms with Gasteiger partial charge in [-0.1, -0.05) is 60.1 Å². The molecule has 2 aliphatic heterocycles. The quantitative estimate of drug-likeness (QED) is 0.761. The zero-order valence-electron chi connectivity index (χ0n) is 15.2. The number of ether oxygens (including phenoxy) is 2. The first-order valence-electron chi connectivity index (χ1n) is 9.16. The van der Waals surface area contributed by atoms with Crippen LogP contribution in [0.15, 0.2) is 54.6 Å². The van der Waals surface area contributed by atoms with Crippen molar-refractivity contribution < 1.29 is 14.3 Å². The number of amides is 1. The minimum absolute atomic E-state index is 0.0111. The highest BCUT2D eigenvalue weighted by Gasteiger charge is 2.39. The lowest BCUT2D eigenvalue weighted by Crippen LogP contribution is -2.56. The Hall–Kier alpha value is -2.30. The second-order valence-electron chi connectivity index (χ2n) is 7.07. The fraction of sp³-hybridized carbons (Fsp3) is 0.318. The van der Waals surface area contributed by atoms with Crippen molar-refractivity contribution in [1.29, 1.82) is 0 Å². The average molecular weight is 384 g/mol. The van der Waals surface area contributed by atoms with Crippen LogP contribution in [0, 0.1) is 6.92 Å². The first-order valence-corrected chi connectivity index (χ1v) is 9.53. The first kappa shape index (κ1) is 18.1. The lowest BCUT2D eigenvalue weighted by atomic mass is 9.89. The maximum absolute atomic E-state index is 12.7. The zero-order valence-corrected chi connectivity index (χ0v) is 16.0. The standard InChI is InChI=1S/C22H22ClNO3/c1-15-9-17(7-8-21(15)23)18-10-19-13-26-14-20(11-18)24(19)22(25)27-12-16-5-3-2-4-6-16/h2-10,19-20H,11-14H2,1H3. The van der Waals surface area contributed by atoms with Crippen LogP contribution in [0.2, 0.25) is 5.02 Å². The third kappa shape index (κ3) is 3.87. The Balaban J connectivity index is 1.51. The van der Waals surface area contributed by atoms with Gasteiger partial charge in [-0.25, -0.2) is 4.79 Å². The lowest BCUT2D eigenvalue weighted by molar-refractivity contribution is -0.0342. The Kier molecular flexibility index (Phi) is 5.19. The predicted molar refractivity (Wildman–Crippen MR) is 106 cm³/mol. The molecule has 5 heteroatoms. The molecule has 1 saturated heterocycles. The number of fused-ring (bicyclic) bond motifs is 2. The molecule has 2 aromatic rings. The largest absolute Gasteiger partial charge is 0.445 e. The molecule has 0 radical (unpaired) electrons. The third-order valence-corrected chi connectivity index (χ3v) is 5.57. The molecule has 1 amide bonds. The van der Waals surface area contributed by atoms with E-state index in [9.17, 15) is 4.79 Å². The van der Waals surface area contributed by atoms with Gasteiger partial charge in [0, 0.05) is 5.02 Å². The summed E-state index contributed by atoms with van der Waals surface area (Å²) in [4.78, 5) is 14.6. The molecule has 0 spiro atoms. The van der Waals surface area contributed by atoms with Crippen molar-refractivity contribution in [1.82, 2.24) is 4.90 Å². The number of halogens is 1. The summed E-state index contributed by atoms with van der Waals surface area (Å²) in [5.41, 5.74) is 4.43. The van der Waals surface area contributed by atoms with Gasteiger partial charge in [0.05, 0.1) is 25.3 Å². The normalized spacial score (nSPS) is 21.6. The Morgan fingerprint density at radius 1 is 1.22 bits per heavy atom. The van der Waals surface area contributed by atoms with Gasteiger partial charge >= 0.3 is 6.09 Å². The van der Waals surface area contributed by atoms with Gasteiger partial charge in [0.2, 0.25) is 0 Å². The molecule has 0 aromatic heterocycles. The highest BCUT2D eigenvalue weighted by atomic mass is 35.5. The van der Waals surface area contributed by atoms with E-state index >= 15 is 0 Å². The smallest absolute Gasteiger partial charge is 0.411 e. The van der Waals surface area contributed by atoms with E-state index in [4.69, 9.17) is 21.1 Å². The molecule has 0 aliphatic carbocycles. The second kappa shape index (κ2) is 7.75. The third-order valence-electron chi connectivity index (χ3n) is 5.14. The van der Waals surface area contributed by atoms with Gasteiger partial charge in [-0.3, -0.25) is 4.90 Å². The number of benzene rings is 2. The molecule has 140 valence electrons. The maximum atomic E-state index is 12.7. The number of morpholine rings is 1. The Labute approximate surface area is 164 Å². The molecule has 27 heavy (non-hydrogen) atoms. The van der Waals surface area contributed by atoms with Crippen LogP contribution in [-0.2, 0) is 16.1 Å². The highest BCUT2D eigenvalue weighted by Crippen LogP contribution is 2.34. The van der Waals surface area contributed by atoms with Crippen LogP contribution in [-0.4, -0.2) is 36.3 Å². The molecule has 2 aromatic carbocycles. The highest BCUT2D eigenvalue weighted by molar-refractivity contribution is 6.31. The molecule has 4 nitrogen and oxygen atoms in total. The molecule has 2 bridgehead atoms. The van der Waals surface area contributed by atoms with E-state index in [2.05, 4.69) is 12.1 Å². The summed E-state index contributed by atoms with van der Waals surface area (Å²) in [7, 11) is 0. The summed E-state index contributed by atoms with van der Waals surface area (Å²) in [6, 6.07) is 15.7. The number of carbonyl (C=O) groups excluding carboxylic acids is 1. The van der Waals surface area contributed by atoms with Crippen molar-refractivity contribution in [2.45, 2.75) is 32.0 Å². The monoisotopic (exact) mass is 383 g/mol. The minimum atomic E-state index is -0.278. The molecular formula is C22H22ClNO3. The van der Waals surface area contributed by atoms with E-state index in [0.717, 1.165) is 28.1 Å². The van der Waals surface area contributed by atoms with Crippen LogP contribution in [0.25, 0.3) is 5.57 Å². The van der Waals surface area contributed by atoms with Crippen molar-refractivity contribution in [3.05, 3.63) is 76.3 Å². The molecule has 0 N–H and O–H groups in total. The van der Waals surface area contributed by atoms with Gasteiger partial charge in [0.1, 0.15) is 6.61 Å². The number of hydrogen-bond donors (Lipinski definition) is 0. The van der Waals surface area contributed by atoms with E-state index in [1.54, 1.807) is 0 Å². The minimum Gasteiger partial charge on any atom is -0.445 e. The van der Waals surface area contributed by atoms with Gasteiger partial charge in [0.25, 0.3) is 0 Å². The molecule has 2 atom stereocenters. The molecular weight excluding hydrogens is 362 g/mol. The van der Waals surface area contributed by atoms with Crippen LogP contribution >= 0.6 is 11.6 Å². The number of hydrogen-bond acceptors (Lipinski definition) is 3. The Morgan fingerprint density at radius 2 is 2.04 bits per heavy atom. The van der Waals surface area contributed by atoms with Crippen LogP contribution in [0.1, 0.15) is 23.1 Å². The molecule has 0 saturated carbocycles. The summed E-state index contributed by atoms with van der Waals surface area (Å²) >= 11 is 6.16. The van der Waals surface area contributed by atoms with Gasteiger partial charge in [-0.15, -0.1) is 0 Å². The molecule has 2 unspecified atom stereocenters. The van der Waals surface area contributed by atoms with E-state index in [0.29, 0.717) is 13.2 Å². The fourth-order valence-corrected chi connectivity index (χ4v) is 3.85. The number of carbonyl (C=O) groups is 1. The average Bonchev–Trinajstić information content (AvgIpc) is 2.68. The van der Waals surface area contributed by atoms with Crippen molar-refractivity contribution in [3.8, 4) is 0 Å². The van der Waals surface area contributed by atoms with Crippen LogP contribution in [0.3, 0.4) is 0 Å². The van der Waals surface area contributed by atoms with E-state index < -0.39 is 0 Å². The summed E-state index contributed by atoms with van der Waals surface area (Å²) in [6.45, 7) is 3.31. The maximum Gasteiger partial charge on any atom is 0.411 e. The number of rotatable bonds is 3. The van der Waals surface area contributed by atoms with Crippen molar-refractivity contribution in [3.63, 3.8) is 0 Å². The van der Waals surface area contributed by atoms with Crippen molar-refractivity contribution >= 4 is 23.3 Å². The first-order chi connectivity index (χ1) is 13.1. The summed E-state index contributed by atoms with van der Waals surface area (Å²) in [5.74, 6) is 0. The molecule has 1 fully saturated rings. The van der Waals surface area contributed by atoms with Gasteiger partial charge in [0.15, 0.2) is 0 Å². The Morgan fingerprint density at radius 3 is 2.78 bits per heavy atom. The van der Waals surface area contributed by atoms with Crippen molar-refractivity contribution in [2.75, 3.05) is 13.2 Å². The zero-order chi connectivity index (χ0) is 18.8. The van der Waals surface area contributed by atoms with E-state index in [-0.39, 0.29) is 24.8 Å². The van der Waals surface area contributed by atoms with Crippen LogP contribution < -0.4 is 0 Å². The molecule has 2 aliphatic rings. The predicted octanol–water partition coefficient (Wildman–Crippen LogP) is 4.84. The summed E-state index contributed by atoms with van der Waals surface area (Å²) in [6.07, 6.45) is 2.60. The molecule has 2 heterocycles. The topological polar surface area (TPSA) is 38.8 Å². The SMILES string of the molecule is Cc1cc(C2=CC3COCC(C2)N3C(=O)OCc2ccccc2)ccc1Cl. The van der Waals surface area contributed by atoms with Crippen LogP contribution in [0.5, 0.6) is 0 Å². The number of aryl methyl sites for hydroxylation is 1. The van der Waals surface area contributed by atoms with E-state index in [1.165, 1.54) is 5.57 Å². The summed E-state index contributed by atoms with van der Waals surface area (Å²) in [5, 5.41) is 0.768. The Bertz CT molecular complexity index is 865. The van der Waals surface area contributed by atoms with Gasteiger partial charge in [-0.2, -0.15) is 0 Å². The summed E-state index contributed by atoms with van der Waals surface area (Å²) < 4.78 is 11.3. The van der Waals surface area contributed by atoms with Gasteiger partial charge < -0.3 is 9.47 Å². The molecule has 4 rings (SSSR count). The lowest BCUT2D eigenvalue weighted by Gasteiger charge is -2.43. The van der Waals surface area contributed by atoms with Crippen molar-refractivity contribution in [2.24, 2.45) is 0 Å². The fourth-order valence-electron chi connectivity index (χ4n) is 3.73. The van der Waals surface area contributed by atoms with E-state index in [1.807, 2.05) is 54.3 Å². The second-order valence-corrected chi connectivity index (χ2v) is 7.47. The van der Waals surface area contributed by atoms with Crippen LogP contribution in [0.4, 0.5) is 4.79 Å². The number of nitrogens with zero attached hydrogens (tertiary/aromatic N) is 1. The van der Waals surface area contributed by atoms with Gasteiger partial charge in [-0.05, 0) is 41.7 Å².